The molecule has 2 aromatic rings. The number of halogens is 1. The molecule has 1 unspecified atom stereocenters. The Kier molecular flexibility index (Phi) is 5.21. The molecule has 1 N–H and O–H groups in total. The average Bonchev–Trinajstić information content (AvgIpc) is 2.47. The monoisotopic (exact) mass is 337 g/mol. The van der Waals surface area contributed by atoms with Crippen molar-refractivity contribution in [2.45, 2.75) is 17.9 Å². The highest BCUT2D eigenvalue weighted by atomic mass is 35.5. The fraction of sp³-hybridized carbons (Fsp3) is 0.188. The molecule has 2 aromatic carbocycles. The molecule has 1 amide bonds. The lowest BCUT2D eigenvalue weighted by Gasteiger charge is -2.13. The summed E-state index contributed by atoms with van der Waals surface area (Å²) in [6.45, 7) is 1.39. The van der Waals surface area contributed by atoms with Gasteiger partial charge < -0.3 is 5.32 Å². The van der Waals surface area contributed by atoms with Gasteiger partial charge in [0.1, 0.15) is 5.25 Å². The first-order valence-electron chi connectivity index (χ1n) is 6.70. The molecule has 0 aliphatic heterocycles. The maximum Gasteiger partial charge on any atom is 0.242 e. The van der Waals surface area contributed by atoms with Crippen LogP contribution in [0.3, 0.4) is 0 Å². The number of carbonyl (C=O) groups excluding carboxylic acids is 1. The number of hydrogen-bond donors (Lipinski definition) is 1. The van der Waals surface area contributed by atoms with E-state index in [1.54, 1.807) is 48.5 Å². The van der Waals surface area contributed by atoms with Crippen LogP contribution >= 0.6 is 11.6 Å². The second-order valence-electron chi connectivity index (χ2n) is 4.93. The predicted molar refractivity (Wildman–Crippen MR) is 88.6 cm³/mol. The van der Waals surface area contributed by atoms with Crippen molar-refractivity contribution in [3.05, 3.63) is 65.2 Å². The minimum Gasteiger partial charge on any atom is -0.325 e. The highest BCUT2D eigenvalue weighted by molar-refractivity contribution is 7.92. The van der Waals surface area contributed by atoms with E-state index in [9.17, 15) is 13.2 Å². The Morgan fingerprint density at radius 1 is 1.14 bits per heavy atom. The topological polar surface area (TPSA) is 63.2 Å². The molecule has 0 aliphatic rings. The van der Waals surface area contributed by atoms with E-state index in [-0.39, 0.29) is 5.75 Å². The van der Waals surface area contributed by atoms with Crippen LogP contribution in [0.25, 0.3) is 0 Å². The molecule has 2 rings (SSSR count). The van der Waals surface area contributed by atoms with Crippen LogP contribution in [-0.2, 0) is 20.4 Å². The number of anilines is 1. The van der Waals surface area contributed by atoms with E-state index in [1.165, 1.54) is 6.92 Å². The molecule has 0 saturated heterocycles. The van der Waals surface area contributed by atoms with Gasteiger partial charge in [-0.1, -0.05) is 41.9 Å². The van der Waals surface area contributed by atoms with Gasteiger partial charge in [0, 0.05) is 10.7 Å². The van der Waals surface area contributed by atoms with Gasteiger partial charge in [-0.25, -0.2) is 8.42 Å². The first-order valence-corrected chi connectivity index (χ1v) is 8.80. The van der Waals surface area contributed by atoms with Crippen LogP contribution in [-0.4, -0.2) is 19.6 Å². The summed E-state index contributed by atoms with van der Waals surface area (Å²) in [6, 6.07) is 15.4. The molecule has 4 nitrogen and oxygen atoms in total. The molecule has 116 valence electrons. The third kappa shape index (κ3) is 4.32. The van der Waals surface area contributed by atoms with Crippen LogP contribution in [0.15, 0.2) is 54.6 Å². The maximum absolute atomic E-state index is 12.3. The van der Waals surface area contributed by atoms with Gasteiger partial charge in [0.2, 0.25) is 5.91 Å². The highest BCUT2D eigenvalue weighted by Gasteiger charge is 2.28. The summed E-state index contributed by atoms with van der Waals surface area (Å²) in [5, 5.41) is 1.92. The molecule has 22 heavy (non-hydrogen) atoms. The third-order valence-corrected chi connectivity index (χ3v) is 5.47. The minimum absolute atomic E-state index is 0.225. The van der Waals surface area contributed by atoms with Crippen molar-refractivity contribution in [1.29, 1.82) is 0 Å². The highest BCUT2D eigenvalue weighted by Crippen LogP contribution is 2.17. The fourth-order valence-corrected chi connectivity index (χ4v) is 3.40. The summed E-state index contributed by atoms with van der Waals surface area (Å²) in [5.41, 5.74) is 1.13. The number of benzene rings is 2. The zero-order chi connectivity index (χ0) is 16.2. The largest absolute Gasteiger partial charge is 0.325 e. The minimum atomic E-state index is -3.62. The number of para-hydroxylation sites is 1. The first-order chi connectivity index (χ1) is 10.4. The molecule has 1 atom stereocenters. The molecule has 0 aromatic heterocycles. The van der Waals surface area contributed by atoms with Gasteiger partial charge >= 0.3 is 0 Å². The Bertz CT molecular complexity index is 760. The predicted octanol–water partition coefficient (Wildman–Crippen LogP) is 3.28. The lowest BCUT2D eigenvalue weighted by atomic mass is 10.2. The van der Waals surface area contributed by atoms with Gasteiger partial charge in [-0.2, -0.15) is 0 Å². The van der Waals surface area contributed by atoms with Crippen molar-refractivity contribution >= 4 is 33.0 Å². The lowest BCUT2D eigenvalue weighted by molar-refractivity contribution is -0.115. The van der Waals surface area contributed by atoms with Crippen LogP contribution < -0.4 is 5.32 Å². The van der Waals surface area contributed by atoms with Crippen molar-refractivity contribution in [2.75, 3.05) is 5.32 Å². The van der Waals surface area contributed by atoms with E-state index in [4.69, 9.17) is 11.6 Å². The van der Waals surface area contributed by atoms with Crippen LogP contribution in [0.1, 0.15) is 12.5 Å². The van der Waals surface area contributed by atoms with Gasteiger partial charge in [-0.05, 0) is 36.8 Å². The summed E-state index contributed by atoms with van der Waals surface area (Å²) >= 11 is 5.85. The molecule has 0 fully saturated rings. The Balaban J connectivity index is 2.09. The normalized spacial score (nSPS) is 12.6. The van der Waals surface area contributed by atoms with Crippen molar-refractivity contribution in [3.63, 3.8) is 0 Å². The molecular formula is C16H16ClNO3S. The molecule has 6 heteroatoms. The second kappa shape index (κ2) is 6.94. The molecule has 0 heterocycles. The zero-order valence-electron chi connectivity index (χ0n) is 12.0. The summed E-state index contributed by atoms with van der Waals surface area (Å²) < 4.78 is 24.7. The van der Waals surface area contributed by atoms with Gasteiger partial charge in [0.25, 0.3) is 0 Å². The molecule has 0 radical (unpaired) electrons. The molecular weight excluding hydrogens is 322 g/mol. The van der Waals surface area contributed by atoms with Crippen LogP contribution in [0.4, 0.5) is 5.69 Å². The third-order valence-electron chi connectivity index (χ3n) is 3.21. The average molecular weight is 338 g/mol. The van der Waals surface area contributed by atoms with Crippen LogP contribution in [0.5, 0.6) is 0 Å². The number of hydrogen-bond acceptors (Lipinski definition) is 3. The maximum atomic E-state index is 12.3. The van der Waals surface area contributed by atoms with Crippen molar-refractivity contribution in [1.82, 2.24) is 0 Å². The number of carbonyl (C=O) groups is 1. The molecule has 0 aliphatic carbocycles. The van der Waals surface area contributed by atoms with Crippen molar-refractivity contribution < 1.29 is 13.2 Å². The smallest absolute Gasteiger partial charge is 0.242 e. The Hall–Kier alpha value is -1.85. The summed E-state index contributed by atoms with van der Waals surface area (Å²) in [5.74, 6) is -0.773. The van der Waals surface area contributed by atoms with Gasteiger partial charge in [-0.15, -0.1) is 0 Å². The molecule has 0 bridgehead atoms. The number of nitrogens with one attached hydrogen (secondary N) is 1. The molecule has 0 saturated carbocycles. The van der Waals surface area contributed by atoms with Crippen LogP contribution in [0, 0.1) is 0 Å². The quantitative estimate of drug-likeness (QED) is 0.910. The number of rotatable bonds is 5. The lowest BCUT2D eigenvalue weighted by Crippen LogP contribution is -2.33. The fourth-order valence-electron chi connectivity index (χ4n) is 1.91. The molecule has 0 spiro atoms. The van der Waals surface area contributed by atoms with Gasteiger partial charge in [0.05, 0.1) is 5.75 Å². The Morgan fingerprint density at radius 3 is 2.45 bits per heavy atom. The Morgan fingerprint density at radius 2 is 1.82 bits per heavy atom. The van der Waals surface area contributed by atoms with E-state index >= 15 is 0 Å². The summed E-state index contributed by atoms with van der Waals surface area (Å²) in [7, 11) is -3.62. The Labute approximate surface area is 135 Å². The van der Waals surface area contributed by atoms with Crippen molar-refractivity contribution in [3.8, 4) is 0 Å². The van der Waals surface area contributed by atoms with Crippen LogP contribution in [0.2, 0.25) is 5.02 Å². The zero-order valence-corrected chi connectivity index (χ0v) is 13.6. The van der Waals surface area contributed by atoms with E-state index in [0.717, 1.165) is 0 Å². The standard InChI is InChI=1S/C16H16ClNO3S/c1-12(16(19)18-15-8-3-2-4-9-15)22(20,21)11-13-6-5-7-14(17)10-13/h2-10,12H,11H2,1H3,(H,18,19). The van der Waals surface area contributed by atoms with Gasteiger partial charge in [-0.3, -0.25) is 4.79 Å². The number of amides is 1. The van der Waals surface area contributed by atoms with Gasteiger partial charge in [0.15, 0.2) is 9.84 Å². The first kappa shape index (κ1) is 16.5. The SMILES string of the molecule is CC(C(=O)Nc1ccccc1)S(=O)(=O)Cc1cccc(Cl)c1. The van der Waals surface area contributed by atoms with E-state index in [2.05, 4.69) is 5.32 Å². The summed E-state index contributed by atoms with van der Waals surface area (Å²) in [4.78, 5) is 12.1. The van der Waals surface area contributed by atoms with E-state index < -0.39 is 21.0 Å². The van der Waals surface area contributed by atoms with Crippen molar-refractivity contribution in [2.24, 2.45) is 0 Å². The van der Waals surface area contributed by atoms with E-state index in [1.807, 2.05) is 6.07 Å². The van der Waals surface area contributed by atoms with E-state index in [0.29, 0.717) is 16.3 Å². The number of sulfone groups is 1. The summed E-state index contributed by atoms with van der Waals surface area (Å²) in [6.07, 6.45) is 0. The second-order valence-corrected chi connectivity index (χ2v) is 7.69.